The van der Waals surface area contributed by atoms with Crippen LogP contribution in [0.2, 0.25) is 0 Å². The lowest BCUT2D eigenvalue weighted by Crippen LogP contribution is -2.31. The van der Waals surface area contributed by atoms with Gasteiger partial charge in [-0.05, 0) is 80.2 Å². The summed E-state index contributed by atoms with van der Waals surface area (Å²) in [5.41, 5.74) is 10.8. The Morgan fingerprint density at radius 2 is 1.48 bits per heavy atom. The molecule has 0 saturated heterocycles. The minimum Gasteiger partial charge on any atom is -0.201 e. The van der Waals surface area contributed by atoms with Crippen LogP contribution in [0.1, 0.15) is 53.5 Å². The fourth-order valence-corrected chi connectivity index (χ4v) is 4.92. The van der Waals surface area contributed by atoms with Gasteiger partial charge in [-0.2, -0.15) is 0 Å². The summed E-state index contributed by atoms with van der Waals surface area (Å²) in [7, 11) is 2.17. The summed E-state index contributed by atoms with van der Waals surface area (Å²) >= 11 is 0. The maximum Gasteiger partial charge on any atom is 0.212 e. The predicted octanol–water partition coefficient (Wildman–Crippen LogP) is 4.76. The third-order valence-electron chi connectivity index (χ3n) is 6.36. The lowest BCUT2D eigenvalue weighted by atomic mass is 9.83. The summed E-state index contributed by atoms with van der Waals surface area (Å²) in [4.78, 5) is 0. The first-order valence-corrected chi connectivity index (χ1v) is 9.07. The Morgan fingerprint density at radius 1 is 0.826 bits per heavy atom. The molecule has 1 saturated carbocycles. The topological polar surface area (TPSA) is 3.88 Å². The van der Waals surface area contributed by atoms with E-state index in [0.717, 1.165) is 0 Å². The second-order valence-corrected chi connectivity index (χ2v) is 8.13. The molecule has 23 heavy (non-hydrogen) atoms. The molecule has 1 aromatic heterocycles. The van der Waals surface area contributed by atoms with Crippen LogP contribution in [0, 0.1) is 26.2 Å². The second kappa shape index (κ2) is 5.19. The van der Waals surface area contributed by atoms with E-state index < -0.39 is 0 Å². The lowest BCUT2D eigenvalue weighted by molar-refractivity contribution is -0.660. The van der Waals surface area contributed by atoms with Crippen LogP contribution in [-0.4, -0.2) is 0 Å². The highest BCUT2D eigenvalue weighted by Crippen LogP contribution is 2.49. The zero-order valence-electron chi connectivity index (χ0n) is 15.0. The Balaban J connectivity index is 1.79. The molecular weight excluding hydrogens is 278 g/mol. The fraction of sp³-hybridized carbons (Fsp3) is 0.500. The van der Waals surface area contributed by atoms with E-state index in [4.69, 9.17) is 0 Å². The summed E-state index contributed by atoms with van der Waals surface area (Å²) < 4.78 is 2.29. The predicted molar refractivity (Wildman–Crippen MR) is 95.6 cm³/mol. The number of hydrogen-bond acceptors (Lipinski definition) is 0. The summed E-state index contributed by atoms with van der Waals surface area (Å²) in [6, 6.07) is 7.33. The molecule has 0 atom stereocenters. The van der Waals surface area contributed by atoms with Crippen LogP contribution >= 0.6 is 0 Å². The fourth-order valence-electron chi connectivity index (χ4n) is 4.92. The van der Waals surface area contributed by atoms with E-state index >= 15 is 0 Å². The van der Waals surface area contributed by atoms with Gasteiger partial charge in [-0.25, -0.2) is 4.57 Å². The van der Waals surface area contributed by atoms with Crippen LogP contribution < -0.4 is 4.57 Å². The Labute approximate surface area is 140 Å². The number of pyridine rings is 1. The minimum absolute atomic E-state index is 0.610. The van der Waals surface area contributed by atoms with Crippen molar-refractivity contribution in [1.29, 1.82) is 0 Å². The van der Waals surface area contributed by atoms with Crippen molar-refractivity contribution in [2.45, 2.75) is 59.3 Å². The molecule has 0 amide bonds. The Kier molecular flexibility index (Phi) is 3.37. The second-order valence-electron chi connectivity index (χ2n) is 8.13. The molecule has 120 valence electrons. The molecule has 2 aliphatic rings. The third kappa shape index (κ3) is 2.41. The standard InChI is InChI=1S/C22H28N/c1-15-10-21(23(4)14-17(15)3)20-11-19-13-22(7-5-6-8-22)12-18(19)9-16(20)2/h9-11,14H,5-8,12-13H2,1-4H3/q+1. The average Bonchev–Trinajstić information content (AvgIpc) is 3.08. The van der Waals surface area contributed by atoms with E-state index in [-0.39, 0.29) is 0 Å². The molecule has 1 heterocycles. The summed E-state index contributed by atoms with van der Waals surface area (Å²) in [6.45, 7) is 6.69. The van der Waals surface area contributed by atoms with E-state index in [1.165, 1.54) is 66.5 Å². The van der Waals surface area contributed by atoms with Gasteiger partial charge in [-0.3, -0.25) is 0 Å². The lowest BCUT2D eigenvalue weighted by Gasteiger charge is -2.21. The molecule has 1 spiro atoms. The van der Waals surface area contributed by atoms with Gasteiger partial charge in [-0.15, -0.1) is 0 Å². The minimum atomic E-state index is 0.610. The highest BCUT2D eigenvalue weighted by atomic mass is 14.9. The zero-order valence-corrected chi connectivity index (χ0v) is 15.0. The van der Waals surface area contributed by atoms with Crippen molar-refractivity contribution in [2.24, 2.45) is 12.5 Å². The van der Waals surface area contributed by atoms with Gasteiger partial charge in [0, 0.05) is 17.2 Å². The Morgan fingerprint density at radius 3 is 2.17 bits per heavy atom. The van der Waals surface area contributed by atoms with Gasteiger partial charge in [0.1, 0.15) is 7.05 Å². The Hall–Kier alpha value is -1.63. The number of hydrogen-bond donors (Lipinski definition) is 0. The number of benzene rings is 1. The number of fused-ring (bicyclic) bond motifs is 1. The molecule has 2 aromatic rings. The Bertz CT molecular complexity index is 779. The van der Waals surface area contributed by atoms with E-state index in [0.29, 0.717) is 5.41 Å². The molecular formula is C22H28N+. The largest absolute Gasteiger partial charge is 0.212 e. The van der Waals surface area contributed by atoms with Crippen LogP contribution in [0.3, 0.4) is 0 Å². The number of rotatable bonds is 1. The molecule has 1 heteroatoms. The van der Waals surface area contributed by atoms with Crippen LogP contribution in [0.4, 0.5) is 0 Å². The van der Waals surface area contributed by atoms with Crippen molar-refractivity contribution in [3.05, 3.63) is 52.2 Å². The average molecular weight is 306 g/mol. The monoisotopic (exact) mass is 306 g/mol. The van der Waals surface area contributed by atoms with Crippen molar-refractivity contribution in [1.82, 2.24) is 0 Å². The molecule has 0 aliphatic heterocycles. The van der Waals surface area contributed by atoms with Gasteiger partial charge in [0.15, 0.2) is 6.20 Å². The number of aryl methyl sites for hydroxylation is 4. The first-order chi connectivity index (χ1) is 11.0. The van der Waals surface area contributed by atoms with Gasteiger partial charge in [0.2, 0.25) is 5.69 Å². The molecule has 1 aromatic carbocycles. The van der Waals surface area contributed by atoms with Crippen molar-refractivity contribution in [2.75, 3.05) is 0 Å². The molecule has 0 radical (unpaired) electrons. The molecule has 0 N–H and O–H groups in total. The molecule has 4 rings (SSSR count). The van der Waals surface area contributed by atoms with Crippen molar-refractivity contribution in [3.8, 4) is 11.3 Å². The maximum absolute atomic E-state index is 2.50. The van der Waals surface area contributed by atoms with Crippen LogP contribution in [0.25, 0.3) is 11.3 Å². The van der Waals surface area contributed by atoms with Crippen molar-refractivity contribution < 1.29 is 4.57 Å². The quantitative estimate of drug-likeness (QED) is 0.669. The van der Waals surface area contributed by atoms with Crippen LogP contribution in [-0.2, 0) is 19.9 Å². The van der Waals surface area contributed by atoms with E-state index in [1.54, 1.807) is 11.1 Å². The first kappa shape index (κ1) is 14.9. The van der Waals surface area contributed by atoms with E-state index in [2.05, 4.69) is 56.8 Å². The van der Waals surface area contributed by atoms with Gasteiger partial charge in [0.05, 0.1) is 0 Å². The third-order valence-corrected chi connectivity index (χ3v) is 6.36. The SMILES string of the molecule is Cc1cc(-c2cc3c(cc2C)CC2(CCCC2)C3)[n+](C)cc1C. The zero-order chi connectivity index (χ0) is 16.2. The van der Waals surface area contributed by atoms with Gasteiger partial charge < -0.3 is 0 Å². The van der Waals surface area contributed by atoms with Crippen molar-refractivity contribution in [3.63, 3.8) is 0 Å². The highest BCUT2D eigenvalue weighted by Gasteiger charge is 2.39. The first-order valence-electron chi connectivity index (χ1n) is 9.07. The molecule has 1 nitrogen and oxygen atoms in total. The molecule has 0 bridgehead atoms. The molecule has 0 unspecified atom stereocenters. The summed E-state index contributed by atoms with van der Waals surface area (Å²) in [5.74, 6) is 0. The molecule has 1 fully saturated rings. The maximum atomic E-state index is 2.50. The number of aromatic nitrogens is 1. The van der Waals surface area contributed by atoms with Crippen LogP contribution in [0.15, 0.2) is 24.4 Å². The van der Waals surface area contributed by atoms with Crippen LogP contribution in [0.5, 0.6) is 0 Å². The highest BCUT2D eigenvalue weighted by molar-refractivity contribution is 5.65. The van der Waals surface area contributed by atoms with Gasteiger partial charge in [0.25, 0.3) is 0 Å². The summed E-state index contributed by atoms with van der Waals surface area (Å²) in [6.07, 6.45) is 10.6. The van der Waals surface area contributed by atoms with Gasteiger partial charge in [-0.1, -0.05) is 18.9 Å². The van der Waals surface area contributed by atoms with E-state index in [9.17, 15) is 0 Å². The normalized spacial score (nSPS) is 18.6. The molecule has 2 aliphatic carbocycles. The summed E-state index contributed by atoms with van der Waals surface area (Å²) in [5, 5.41) is 0. The van der Waals surface area contributed by atoms with E-state index in [1.807, 2.05) is 0 Å². The smallest absolute Gasteiger partial charge is 0.201 e. The van der Waals surface area contributed by atoms with Crippen molar-refractivity contribution >= 4 is 0 Å². The van der Waals surface area contributed by atoms with Gasteiger partial charge >= 0.3 is 0 Å². The number of nitrogens with zero attached hydrogens (tertiary/aromatic N) is 1.